The number of hydrogen-bond donors (Lipinski definition) is 2. The first-order valence-corrected chi connectivity index (χ1v) is 15.8. The summed E-state index contributed by atoms with van der Waals surface area (Å²) in [7, 11) is 0. The number of piperidine rings is 2. The van der Waals surface area contributed by atoms with Crippen LogP contribution in [0, 0.1) is 0 Å². The van der Waals surface area contributed by atoms with Gasteiger partial charge in [0.25, 0.3) is 5.56 Å². The van der Waals surface area contributed by atoms with Crippen LogP contribution in [0.3, 0.4) is 0 Å². The fourth-order valence-electron chi connectivity index (χ4n) is 7.52. The minimum Gasteiger partial charge on any atom is -0.429 e. The summed E-state index contributed by atoms with van der Waals surface area (Å²) in [6.45, 7) is 7.51. The Morgan fingerprint density at radius 2 is 1.84 bits per heavy atom. The van der Waals surface area contributed by atoms with Gasteiger partial charge in [0.2, 0.25) is 6.29 Å². The van der Waals surface area contributed by atoms with E-state index in [1.54, 1.807) is 24.0 Å². The first kappa shape index (κ1) is 28.9. The second kappa shape index (κ2) is 11.0. The summed E-state index contributed by atoms with van der Waals surface area (Å²) in [5, 5.41) is 22.5. The van der Waals surface area contributed by atoms with E-state index in [2.05, 4.69) is 4.90 Å². The van der Waals surface area contributed by atoms with Crippen LogP contribution >= 0.6 is 0 Å². The summed E-state index contributed by atoms with van der Waals surface area (Å²) in [6, 6.07) is 7.50. The van der Waals surface area contributed by atoms with Crippen LogP contribution < -0.4 is 10.3 Å². The number of pyridine rings is 2. The molecule has 2 aromatic heterocycles. The summed E-state index contributed by atoms with van der Waals surface area (Å²) >= 11 is 0. The molecule has 0 spiro atoms. The molecule has 1 unspecified atom stereocenters. The number of amides is 1. The predicted molar refractivity (Wildman–Crippen MR) is 161 cm³/mol. The molecule has 7 rings (SSSR count). The first-order valence-electron chi connectivity index (χ1n) is 15.8. The number of aryl methyl sites for hydroxylation is 1. The monoisotopic (exact) mass is 604 g/mol. The maximum Gasteiger partial charge on any atom is 0.415 e. The van der Waals surface area contributed by atoms with Crippen molar-refractivity contribution in [2.24, 2.45) is 0 Å². The second-order valence-electron chi connectivity index (χ2n) is 12.4. The smallest absolute Gasteiger partial charge is 0.415 e. The Labute approximate surface area is 255 Å². The zero-order valence-electron chi connectivity index (χ0n) is 25.2. The first-order chi connectivity index (χ1) is 21.2. The molecule has 3 aromatic rings. The van der Waals surface area contributed by atoms with E-state index in [4.69, 9.17) is 14.5 Å². The highest BCUT2D eigenvalue weighted by Gasteiger charge is 2.48. The number of fused-ring (bicyclic) bond motifs is 5. The highest BCUT2D eigenvalue weighted by Crippen LogP contribution is 2.42. The Morgan fingerprint density at radius 1 is 1.09 bits per heavy atom. The average molecular weight is 605 g/mol. The zero-order chi connectivity index (χ0) is 30.7. The molecule has 2 saturated heterocycles. The molecule has 11 heteroatoms. The van der Waals surface area contributed by atoms with Crippen LogP contribution in [0.4, 0.5) is 4.79 Å². The molecule has 44 heavy (non-hydrogen) atoms. The number of aliphatic hydroxyl groups excluding tert-OH is 1. The second-order valence-corrected chi connectivity index (χ2v) is 12.4. The molecular formula is C33H38N4O7. The van der Waals surface area contributed by atoms with Gasteiger partial charge in [0, 0.05) is 35.6 Å². The van der Waals surface area contributed by atoms with Gasteiger partial charge in [-0.25, -0.2) is 14.6 Å². The molecule has 4 aliphatic heterocycles. The normalized spacial score (nSPS) is 23.7. The van der Waals surface area contributed by atoms with Crippen LogP contribution in [0.5, 0.6) is 5.75 Å². The summed E-state index contributed by atoms with van der Waals surface area (Å²) in [6.07, 6.45) is 4.24. The third-order valence-electron chi connectivity index (χ3n) is 10.0. The summed E-state index contributed by atoms with van der Waals surface area (Å²) < 4.78 is 12.3. The highest BCUT2D eigenvalue weighted by molar-refractivity contribution is 5.90. The van der Waals surface area contributed by atoms with Gasteiger partial charge in [0.15, 0.2) is 5.60 Å². The lowest BCUT2D eigenvalue weighted by atomic mass is 9.85. The maximum atomic E-state index is 13.6. The molecule has 0 saturated carbocycles. The molecule has 0 bridgehead atoms. The number of rotatable bonds is 4. The Kier molecular flexibility index (Phi) is 7.22. The van der Waals surface area contributed by atoms with E-state index in [1.807, 2.05) is 19.1 Å². The van der Waals surface area contributed by atoms with Crippen molar-refractivity contribution in [2.75, 3.05) is 26.2 Å². The Hall–Kier alpha value is -3.80. The minimum absolute atomic E-state index is 0.0232. The van der Waals surface area contributed by atoms with Crippen LogP contribution in [0.1, 0.15) is 80.9 Å². The number of nitrogens with zero attached hydrogens (tertiary/aromatic N) is 4. The lowest BCUT2D eigenvalue weighted by Gasteiger charge is -2.39. The fraction of sp³-hybridized carbons (Fsp3) is 0.515. The lowest BCUT2D eigenvalue weighted by Crippen LogP contribution is -2.48. The number of carbonyl (C=O) groups excluding carboxylic acids is 2. The van der Waals surface area contributed by atoms with E-state index in [1.165, 1.54) is 23.8 Å². The van der Waals surface area contributed by atoms with Crippen molar-refractivity contribution in [2.45, 2.75) is 83.3 Å². The number of aromatic nitrogens is 2. The molecule has 4 aliphatic rings. The number of hydrogen-bond acceptors (Lipinski definition) is 9. The van der Waals surface area contributed by atoms with Gasteiger partial charge < -0.3 is 34.1 Å². The van der Waals surface area contributed by atoms with Crippen molar-refractivity contribution in [1.29, 1.82) is 0 Å². The molecule has 1 aromatic carbocycles. The van der Waals surface area contributed by atoms with Crippen molar-refractivity contribution in [3.05, 3.63) is 56.9 Å². The van der Waals surface area contributed by atoms with Crippen molar-refractivity contribution >= 4 is 23.0 Å². The van der Waals surface area contributed by atoms with Crippen molar-refractivity contribution in [1.82, 2.24) is 19.4 Å². The van der Waals surface area contributed by atoms with Crippen molar-refractivity contribution < 1.29 is 29.3 Å². The summed E-state index contributed by atoms with van der Waals surface area (Å²) in [5.41, 5.74) is 0.864. The molecule has 0 radical (unpaired) electrons. The van der Waals surface area contributed by atoms with E-state index in [0.717, 1.165) is 42.4 Å². The van der Waals surface area contributed by atoms with Gasteiger partial charge in [0.05, 0.1) is 29.0 Å². The topological polar surface area (TPSA) is 134 Å². The minimum atomic E-state index is -2.04. The standard InChI is InChI=1S/C33H38N4O7/c1-3-21-22-16-20(43-32(41)36-14-10-19(11-15-36)35-12-6-5-7-13-35)8-9-25(22)34-28-23(21)18-37-26(28)17-24-27(29(37)38)30(39)44-31(40)33(24,42)4-2/h8-9,16-17,19,30,39,42H,3-7,10-15,18H2,1-2H3/t30?,33-/m0/s1/i21+1,35+1. The van der Waals surface area contributed by atoms with E-state index >= 15 is 0 Å². The molecule has 6 heterocycles. The number of ether oxygens (including phenoxy) is 2. The van der Waals surface area contributed by atoms with E-state index < -0.39 is 23.4 Å². The van der Waals surface area contributed by atoms with Gasteiger partial charge in [-0.3, -0.25) is 4.79 Å². The van der Waals surface area contributed by atoms with Crippen molar-refractivity contribution in [3.63, 3.8) is 0 Å². The number of aliphatic hydroxyl groups is 2. The highest BCUT2D eigenvalue weighted by atomic mass is 16.6. The maximum absolute atomic E-state index is 13.6. The third-order valence-corrected chi connectivity index (χ3v) is 10.0. The number of likely N-dealkylation sites (tertiary alicyclic amines) is 2. The Bertz CT molecular complexity index is 1720. The number of carbonyl (C=O) groups is 2. The van der Waals surface area contributed by atoms with Gasteiger partial charge in [-0.15, -0.1) is 0 Å². The van der Waals surface area contributed by atoms with E-state index in [0.29, 0.717) is 48.2 Å². The number of cyclic esters (lactones) is 1. The SMILES string of the molecule is CC[13c]1c2c(nc3ccc(OC(=O)N4CCC([15N]5CCCCC5)CC4)cc31)-c1cc3c(c(=O)n1C2)C(O)OC(=O)[C@]3(O)CC. The van der Waals surface area contributed by atoms with E-state index in [-0.39, 0.29) is 30.2 Å². The predicted octanol–water partition coefficient (Wildman–Crippen LogP) is 3.58. The van der Waals surface area contributed by atoms with Crippen LogP contribution in [-0.4, -0.2) is 73.8 Å². The molecule has 11 nitrogen and oxygen atoms in total. The van der Waals surface area contributed by atoms with Gasteiger partial charge in [0.1, 0.15) is 5.75 Å². The Morgan fingerprint density at radius 3 is 2.55 bits per heavy atom. The van der Waals surface area contributed by atoms with Crippen LogP contribution in [-0.2, 0) is 28.1 Å². The molecule has 232 valence electrons. The van der Waals surface area contributed by atoms with Gasteiger partial charge in [-0.1, -0.05) is 20.3 Å². The summed E-state index contributed by atoms with van der Waals surface area (Å²) in [4.78, 5) is 48.6. The summed E-state index contributed by atoms with van der Waals surface area (Å²) in [5.74, 6) is -0.552. The molecule has 2 N–H and O–H groups in total. The zero-order valence-corrected chi connectivity index (χ0v) is 25.2. The lowest BCUT2D eigenvalue weighted by molar-refractivity contribution is -0.199. The van der Waals surface area contributed by atoms with Gasteiger partial charge in [-0.05, 0) is 81.4 Å². The molecule has 0 aliphatic carbocycles. The third kappa shape index (κ3) is 4.52. The molecule has 2 atom stereocenters. The average Bonchev–Trinajstić information content (AvgIpc) is 3.41. The quantitative estimate of drug-likeness (QED) is 0.265. The molecule has 2 fully saturated rings. The largest absolute Gasteiger partial charge is 0.429 e. The van der Waals surface area contributed by atoms with Gasteiger partial charge in [-0.2, -0.15) is 0 Å². The van der Waals surface area contributed by atoms with Crippen LogP contribution in [0.15, 0.2) is 29.1 Å². The van der Waals surface area contributed by atoms with E-state index in [9.17, 15) is 24.6 Å². The number of esters is 1. The van der Waals surface area contributed by atoms with Crippen LogP contribution in [0.2, 0.25) is 0 Å². The Balaban J connectivity index is 1.18. The van der Waals surface area contributed by atoms with Crippen molar-refractivity contribution in [3.8, 4) is 17.1 Å². The molecular weight excluding hydrogens is 566 g/mol. The van der Waals surface area contributed by atoms with Gasteiger partial charge >= 0.3 is 12.1 Å². The van der Waals surface area contributed by atoms with Crippen LogP contribution in [0.25, 0.3) is 22.3 Å². The molecule has 1 amide bonds. The number of benzene rings is 1. The fourth-order valence-corrected chi connectivity index (χ4v) is 7.52.